The molecule has 0 saturated heterocycles. The van der Waals surface area contributed by atoms with E-state index < -0.39 is 0 Å². The molecule has 5 heteroatoms. The molecule has 1 amide bonds. The molecule has 3 aromatic rings. The lowest BCUT2D eigenvalue weighted by molar-refractivity contribution is -0.118. The highest BCUT2D eigenvalue weighted by Gasteiger charge is 2.17. The van der Waals surface area contributed by atoms with Gasteiger partial charge in [-0.3, -0.25) is 4.79 Å². The first kappa shape index (κ1) is 13.3. The summed E-state index contributed by atoms with van der Waals surface area (Å²) in [6, 6.07) is 12.9. The molecule has 0 spiro atoms. The molecule has 1 atom stereocenters. The largest absolute Gasteiger partial charge is 0.318 e. The van der Waals surface area contributed by atoms with Crippen molar-refractivity contribution in [2.75, 3.05) is 5.32 Å². The molecule has 21 heavy (non-hydrogen) atoms. The van der Waals surface area contributed by atoms with E-state index in [-0.39, 0.29) is 11.9 Å². The number of carbonyl (C=O) groups excluding carboxylic acids is 1. The van der Waals surface area contributed by atoms with Crippen molar-refractivity contribution in [3.05, 3.63) is 54.5 Å². The molecule has 0 radical (unpaired) electrons. The van der Waals surface area contributed by atoms with Crippen LogP contribution in [0.15, 0.2) is 48.8 Å². The van der Waals surface area contributed by atoms with Crippen LogP contribution in [-0.4, -0.2) is 20.4 Å². The highest BCUT2D eigenvalue weighted by atomic mass is 16.2. The quantitative estimate of drug-likeness (QED) is 0.802. The van der Waals surface area contributed by atoms with E-state index in [1.807, 2.05) is 54.8 Å². The summed E-state index contributed by atoms with van der Waals surface area (Å²) in [6.45, 7) is 3.74. The molecule has 2 aromatic heterocycles. The summed E-state index contributed by atoms with van der Waals surface area (Å²) in [4.78, 5) is 21.0. The molecule has 0 aliphatic carbocycles. The van der Waals surface area contributed by atoms with Gasteiger partial charge in [-0.2, -0.15) is 0 Å². The van der Waals surface area contributed by atoms with Gasteiger partial charge in [0.1, 0.15) is 11.9 Å². The van der Waals surface area contributed by atoms with Gasteiger partial charge in [0, 0.05) is 5.69 Å². The fourth-order valence-electron chi connectivity index (χ4n) is 2.26. The third kappa shape index (κ3) is 2.63. The van der Waals surface area contributed by atoms with Crippen molar-refractivity contribution >= 4 is 22.8 Å². The van der Waals surface area contributed by atoms with Crippen molar-refractivity contribution in [3.63, 3.8) is 0 Å². The molecule has 2 heterocycles. The average molecular weight is 280 g/mol. The number of benzene rings is 1. The van der Waals surface area contributed by atoms with Crippen LogP contribution in [0.1, 0.15) is 18.7 Å². The van der Waals surface area contributed by atoms with Crippen molar-refractivity contribution in [3.8, 4) is 0 Å². The van der Waals surface area contributed by atoms with Crippen LogP contribution in [0.4, 0.5) is 5.82 Å². The van der Waals surface area contributed by atoms with E-state index in [1.165, 1.54) is 0 Å². The summed E-state index contributed by atoms with van der Waals surface area (Å²) in [5.74, 6) is 0.451. The molecule has 106 valence electrons. The standard InChI is InChI=1S/C16H16N4O/c1-11-6-5-9-15(18-11)19-16(21)12(2)20-10-17-13-7-3-4-8-14(13)20/h3-10,12H,1-2H3,(H,18,19,21). The average Bonchev–Trinajstić information content (AvgIpc) is 2.90. The van der Waals surface area contributed by atoms with E-state index >= 15 is 0 Å². The second kappa shape index (κ2) is 5.36. The van der Waals surface area contributed by atoms with Crippen LogP contribution in [-0.2, 0) is 4.79 Å². The summed E-state index contributed by atoms with van der Waals surface area (Å²) in [6.07, 6.45) is 1.69. The van der Waals surface area contributed by atoms with Crippen LogP contribution in [0.25, 0.3) is 11.0 Å². The summed E-state index contributed by atoms with van der Waals surface area (Å²) in [5.41, 5.74) is 2.69. The Bertz CT molecular complexity index is 794. The predicted octanol–water partition coefficient (Wildman–Crippen LogP) is 2.94. The van der Waals surface area contributed by atoms with Gasteiger partial charge in [-0.25, -0.2) is 9.97 Å². The van der Waals surface area contributed by atoms with Crippen molar-refractivity contribution < 1.29 is 4.79 Å². The lowest BCUT2D eigenvalue weighted by Crippen LogP contribution is -2.23. The maximum Gasteiger partial charge on any atom is 0.248 e. The van der Waals surface area contributed by atoms with E-state index in [1.54, 1.807) is 12.4 Å². The normalized spacial score (nSPS) is 12.3. The number of nitrogens with zero attached hydrogens (tertiary/aromatic N) is 3. The monoisotopic (exact) mass is 280 g/mol. The lowest BCUT2D eigenvalue weighted by Gasteiger charge is -2.14. The van der Waals surface area contributed by atoms with E-state index in [0.717, 1.165) is 16.7 Å². The minimum atomic E-state index is -0.361. The Morgan fingerprint density at radius 3 is 2.81 bits per heavy atom. The highest BCUT2D eigenvalue weighted by molar-refractivity contribution is 5.93. The van der Waals surface area contributed by atoms with Crippen LogP contribution in [0.3, 0.4) is 0 Å². The topological polar surface area (TPSA) is 59.8 Å². The summed E-state index contributed by atoms with van der Waals surface area (Å²) in [7, 11) is 0. The molecule has 0 saturated carbocycles. The molecule has 5 nitrogen and oxygen atoms in total. The first-order chi connectivity index (χ1) is 10.1. The number of aromatic nitrogens is 3. The molecule has 0 fully saturated rings. The van der Waals surface area contributed by atoms with Gasteiger partial charge in [-0.15, -0.1) is 0 Å². The summed E-state index contributed by atoms with van der Waals surface area (Å²) < 4.78 is 1.86. The van der Waals surface area contributed by atoms with Gasteiger partial charge >= 0.3 is 0 Å². The first-order valence-corrected chi connectivity index (χ1v) is 6.81. The Kier molecular flexibility index (Phi) is 3.39. The van der Waals surface area contributed by atoms with Crippen molar-refractivity contribution in [1.82, 2.24) is 14.5 Å². The molecule has 3 rings (SSSR count). The molecule has 0 aliphatic heterocycles. The van der Waals surface area contributed by atoms with Gasteiger partial charge in [0.2, 0.25) is 5.91 Å². The fourth-order valence-corrected chi connectivity index (χ4v) is 2.26. The second-order valence-corrected chi connectivity index (χ2v) is 4.97. The third-order valence-electron chi connectivity index (χ3n) is 3.42. The molecule has 1 unspecified atom stereocenters. The van der Waals surface area contributed by atoms with Crippen LogP contribution in [0.5, 0.6) is 0 Å². The van der Waals surface area contributed by atoms with E-state index in [4.69, 9.17) is 0 Å². The van der Waals surface area contributed by atoms with E-state index in [9.17, 15) is 4.79 Å². The Labute approximate surface area is 122 Å². The number of carbonyl (C=O) groups is 1. The number of rotatable bonds is 3. The number of anilines is 1. The predicted molar refractivity (Wildman–Crippen MR) is 82.0 cm³/mol. The zero-order chi connectivity index (χ0) is 14.8. The smallest absolute Gasteiger partial charge is 0.248 e. The number of aryl methyl sites for hydroxylation is 1. The Morgan fingerprint density at radius 2 is 2.00 bits per heavy atom. The number of pyridine rings is 1. The summed E-state index contributed by atoms with van der Waals surface area (Å²) in [5, 5.41) is 2.84. The van der Waals surface area contributed by atoms with Gasteiger partial charge in [0.25, 0.3) is 0 Å². The number of hydrogen-bond acceptors (Lipinski definition) is 3. The minimum absolute atomic E-state index is 0.115. The second-order valence-electron chi connectivity index (χ2n) is 4.97. The maximum absolute atomic E-state index is 12.4. The lowest BCUT2D eigenvalue weighted by atomic mass is 10.2. The van der Waals surface area contributed by atoms with Crippen LogP contribution in [0.2, 0.25) is 0 Å². The SMILES string of the molecule is Cc1cccc(NC(=O)C(C)n2cnc3ccccc32)n1. The Hall–Kier alpha value is -2.69. The van der Waals surface area contributed by atoms with Gasteiger partial charge in [0.15, 0.2) is 0 Å². The van der Waals surface area contributed by atoms with Crippen LogP contribution >= 0.6 is 0 Å². The van der Waals surface area contributed by atoms with Gasteiger partial charge in [-0.05, 0) is 38.1 Å². The van der Waals surface area contributed by atoms with Crippen molar-refractivity contribution in [2.45, 2.75) is 19.9 Å². The van der Waals surface area contributed by atoms with E-state index in [0.29, 0.717) is 5.82 Å². The molecule has 1 N–H and O–H groups in total. The number of imidazole rings is 1. The molecule has 0 aliphatic rings. The third-order valence-corrected chi connectivity index (χ3v) is 3.42. The molecular formula is C16H16N4O. The molecule has 0 bridgehead atoms. The van der Waals surface area contributed by atoms with Crippen LogP contribution in [0, 0.1) is 6.92 Å². The highest BCUT2D eigenvalue weighted by Crippen LogP contribution is 2.18. The van der Waals surface area contributed by atoms with Crippen LogP contribution < -0.4 is 5.32 Å². The van der Waals surface area contributed by atoms with Crippen molar-refractivity contribution in [2.24, 2.45) is 0 Å². The van der Waals surface area contributed by atoms with E-state index in [2.05, 4.69) is 15.3 Å². The van der Waals surface area contributed by atoms with Gasteiger partial charge in [0.05, 0.1) is 17.4 Å². The zero-order valence-corrected chi connectivity index (χ0v) is 11.9. The Morgan fingerprint density at radius 1 is 1.19 bits per heavy atom. The maximum atomic E-state index is 12.4. The number of nitrogens with one attached hydrogen (secondary N) is 1. The molecule has 1 aromatic carbocycles. The van der Waals surface area contributed by atoms with Gasteiger partial charge < -0.3 is 9.88 Å². The number of para-hydroxylation sites is 2. The fraction of sp³-hybridized carbons (Fsp3) is 0.188. The number of hydrogen-bond donors (Lipinski definition) is 1. The zero-order valence-electron chi connectivity index (χ0n) is 11.9. The molecular weight excluding hydrogens is 264 g/mol. The Balaban J connectivity index is 1.84. The number of fused-ring (bicyclic) bond motifs is 1. The first-order valence-electron chi connectivity index (χ1n) is 6.81. The van der Waals surface area contributed by atoms with Crippen molar-refractivity contribution in [1.29, 1.82) is 0 Å². The summed E-state index contributed by atoms with van der Waals surface area (Å²) >= 11 is 0. The van der Waals surface area contributed by atoms with Gasteiger partial charge in [-0.1, -0.05) is 18.2 Å². The number of amides is 1. The minimum Gasteiger partial charge on any atom is -0.318 e.